The van der Waals surface area contributed by atoms with Crippen molar-refractivity contribution in [1.82, 2.24) is 20.0 Å². The summed E-state index contributed by atoms with van der Waals surface area (Å²) < 4.78 is 0. The standard InChI is InChI=1S/C18H26N4O3/c1-3-20(4-2)18(25)22-12-10-21(11-13-22)16(23)14-19-17(24)15-8-6-5-7-9-15/h5-9H,3-4,10-14H2,1-2H3,(H,19,24). The number of urea groups is 1. The number of benzene rings is 1. The van der Waals surface area contributed by atoms with Crippen LogP contribution in [0.1, 0.15) is 24.2 Å². The van der Waals surface area contributed by atoms with Gasteiger partial charge in [0, 0.05) is 44.8 Å². The van der Waals surface area contributed by atoms with Crippen molar-refractivity contribution in [2.24, 2.45) is 0 Å². The van der Waals surface area contributed by atoms with Gasteiger partial charge >= 0.3 is 6.03 Å². The smallest absolute Gasteiger partial charge is 0.320 e. The normalized spacial score (nSPS) is 14.2. The van der Waals surface area contributed by atoms with E-state index in [1.54, 1.807) is 39.0 Å². The number of rotatable bonds is 5. The molecule has 1 heterocycles. The molecule has 7 heteroatoms. The van der Waals surface area contributed by atoms with Crippen molar-refractivity contribution >= 4 is 17.8 Å². The first-order valence-corrected chi connectivity index (χ1v) is 8.71. The van der Waals surface area contributed by atoms with Crippen LogP contribution in [0.5, 0.6) is 0 Å². The Bertz CT molecular complexity index is 594. The molecular weight excluding hydrogens is 320 g/mol. The zero-order valence-electron chi connectivity index (χ0n) is 14.9. The quantitative estimate of drug-likeness (QED) is 0.865. The second kappa shape index (κ2) is 9.05. The molecule has 0 radical (unpaired) electrons. The first-order chi connectivity index (χ1) is 12.1. The predicted octanol–water partition coefficient (Wildman–Crippen LogP) is 1.02. The van der Waals surface area contributed by atoms with Crippen LogP contribution < -0.4 is 5.32 Å². The van der Waals surface area contributed by atoms with Gasteiger partial charge in [-0.25, -0.2) is 4.79 Å². The molecule has 0 aromatic heterocycles. The number of carbonyl (C=O) groups is 3. The molecule has 1 saturated heterocycles. The number of piperazine rings is 1. The number of hydrogen-bond donors (Lipinski definition) is 1. The SMILES string of the molecule is CCN(CC)C(=O)N1CCN(C(=O)CNC(=O)c2ccccc2)CC1. The fourth-order valence-electron chi connectivity index (χ4n) is 2.80. The van der Waals surface area contributed by atoms with Gasteiger partial charge < -0.3 is 20.0 Å². The van der Waals surface area contributed by atoms with Crippen LogP contribution in [-0.4, -0.2) is 78.4 Å². The largest absolute Gasteiger partial charge is 0.343 e. The molecule has 1 aromatic carbocycles. The maximum absolute atomic E-state index is 12.3. The lowest BCUT2D eigenvalue weighted by molar-refractivity contribution is -0.131. The van der Waals surface area contributed by atoms with E-state index in [-0.39, 0.29) is 24.4 Å². The summed E-state index contributed by atoms with van der Waals surface area (Å²) in [6, 6.07) is 8.83. The summed E-state index contributed by atoms with van der Waals surface area (Å²) in [5, 5.41) is 2.65. The maximum Gasteiger partial charge on any atom is 0.320 e. The highest BCUT2D eigenvalue weighted by molar-refractivity contribution is 5.96. The van der Waals surface area contributed by atoms with Gasteiger partial charge in [-0.1, -0.05) is 18.2 Å². The van der Waals surface area contributed by atoms with Crippen molar-refractivity contribution < 1.29 is 14.4 Å². The minimum absolute atomic E-state index is 0.0227. The van der Waals surface area contributed by atoms with Crippen LogP contribution >= 0.6 is 0 Å². The van der Waals surface area contributed by atoms with E-state index in [1.807, 2.05) is 19.9 Å². The zero-order valence-corrected chi connectivity index (χ0v) is 14.9. The average Bonchev–Trinajstić information content (AvgIpc) is 2.67. The molecule has 0 aliphatic carbocycles. The van der Waals surface area contributed by atoms with Crippen molar-refractivity contribution in [3.8, 4) is 0 Å². The predicted molar refractivity (Wildman–Crippen MR) is 95.2 cm³/mol. The Labute approximate surface area is 148 Å². The third-order valence-electron chi connectivity index (χ3n) is 4.37. The number of nitrogens with zero attached hydrogens (tertiary/aromatic N) is 3. The first kappa shape index (κ1) is 18.8. The Balaban J connectivity index is 1.77. The lowest BCUT2D eigenvalue weighted by atomic mass is 10.2. The average molecular weight is 346 g/mol. The Hall–Kier alpha value is -2.57. The van der Waals surface area contributed by atoms with Crippen molar-refractivity contribution in [2.45, 2.75) is 13.8 Å². The van der Waals surface area contributed by atoms with Crippen LogP contribution in [0.3, 0.4) is 0 Å². The van der Waals surface area contributed by atoms with Gasteiger partial charge in [0.05, 0.1) is 6.54 Å². The molecule has 1 aliphatic heterocycles. The van der Waals surface area contributed by atoms with Gasteiger partial charge in [0.2, 0.25) is 5.91 Å². The van der Waals surface area contributed by atoms with E-state index < -0.39 is 0 Å². The van der Waals surface area contributed by atoms with E-state index in [2.05, 4.69) is 5.32 Å². The summed E-state index contributed by atoms with van der Waals surface area (Å²) in [6.07, 6.45) is 0. The minimum Gasteiger partial charge on any atom is -0.343 e. The lowest BCUT2D eigenvalue weighted by Crippen LogP contribution is -2.55. The summed E-state index contributed by atoms with van der Waals surface area (Å²) in [7, 11) is 0. The molecule has 0 atom stereocenters. The van der Waals surface area contributed by atoms with Crippen molar-refractivity contribution in [3.63, 3.8) is 0 Å². The molecule has 0 saturated carbocycles. The Morgan fingerprint density at radius 3 is 2.08 bits per heavy atom. The highest BCUT2D eigenvalue weighted by atomic mass is 16.2. The second-order valence-electron chi connectivity index (χ2n) is 5.87. The third kappa shape index (κ3) is 4.95. The van der Waals surface area contributed by atoms with Gasteiger partial charge in [0.25, 0.3) is 5.91 Å². The van der Waals surface area contributed by atoms with Crippen LogP contribution in [-0.2, 0) is 4.79 Å². The fourth-order valence-corrected chi connectivity index (χ4v) is 2.80. The van der Waals surface area contributed by atoms with Crippen molar-refractivity contribution in [2.75, 3.05) is 45.8 Å². The summed E-state index contributed by atoms with van der Waals surface area (Å²) >= 11 is 0. The molecule has 1 N–H and O–H groups in total. The Morgan fingerprint density at radius 2 is 1.52 bits per heavy atom. The third-order valence-corrected chi connectivity index (χ3v) is 4.37. The maximum atomic E-state index is 12.3. The number of carbonyl (C=O) groups excluding carboxylic acids is 3. The summed E-state index contributed by atoms with van der Waals surface area (Å²) in [4.78, 5) is 41.8. The lowest BCUT2D eigenvalue weighted by Gasteiger charge is -2.37. The molecule has 0 spiro atoms. The molecule has 2 rings (SSSR count). The number of nitrogens with one attached hydrogen (secondary N) is 1. The van der Waals surface area contributed by atoms with Crippen LogP contribution in [0.25, 0.3) is 0 Å². The monoisotopic (exact) mass is 346 g/mol. The van der Waals surface area contributed by atoms with E-state index in [0.717, 1.165) is 0 Å². The number of amides is 4. The summed E-state index contributed by atoms with van der Waals surface area (Å²) in [5.41, 5.74) is 0.532. The van der Waals surface area contributed by atoms with E-state index in [0.29, 0.717) is 44.8 Å². The first-order valence-electron chi connectivity index (χ1n) is 8.71. The van der Waals surface area contributed by atoms with Crippen LogP contribution in [0.15, 0.2) is 30.3 Å². The topological polar surface area (TPSA) is 73.0 Å². The molecule has 1 aromatic rings. The second-order valence-corrected chi connectivity index (χ2v) is 5.87. The van der Waals surface area contributed by atoms with Gasteiger partial charge in [-0.3, -0.25) is 9.59 Å². The molecule has 4 amide bonds. The van der Waals surface area contributed by atoms with Crippen LogP contribution in [0.2, 0.25) is 0 Å². The zero-order chi connectivity index (χ0) is 18.2. The van der Waals surface area contributed by atoms with Crippen molar-refractivity contribution in [3.05, 3.63) is 35.9 Å². The highest BCUT2D eigenvalue weighted by Gasteiger charge is 2.26. The van der Waals surface area contributed by atoms with Gasteiger partial charge in [-0.05, 0) is 26.0 Å². The molecule has 1 aliphatic rings. The molecular formula is C18H26N4O3. The molecule has 136 valence electrons. The van der Waals surface area contributed by atoms with E-state index in [1.165, 1.54) is 0 Å². The summed E-state index contributed by atoms with van der Waals surface area (Å²) in [5.74, 6) is -0.386. The van der Waals surface area contributed by atoms with Gasteiger partial charge in [-0.15, -0.1) is 0 Å². The fraction of sp³-hybridized carbons (Fsp3) is 0.500. The highest BCUT2D eigenvalue weighted by Crippen LogP contribution is 2.06. The van der Waals surface area contributed by atoms with Gasteiger partial charge in [0.1, 0.15) is 0 Å². The molecule has 25 heavy (non-hydrogen) atoms. The van der Waals surface area contributed by atoms with Crippen LogP contribution in [0.4, 0.5) is 4.79 Å². The summed E-state index contributed by atoms with van der Waals surface area (Å²) in [6.45, 7) is 7.27. The Kier molecular flexibility index (Phi) is 6.80. The van der Waals surface area contributed by atoms with E-state index in [9.17, 15) is 14.4 Å². The minimum atomic E-state index is -0.260. The van der Waals surface area contributed by atoms with E-state index >= 15 is 0 Å². The van der Waals surface area contributed by atoms with Crippen molar-refractivity contribution in [1.29, 1.82) is 0 Å². The van der Waals surface area contributed by atoms with Gasteiger partial charge in [-0.2, -0.15) is 0 Å². The van der Waals surface area contributed by atoms with Crippen LogP contribution in [0, 0.1) is 0 Å². The van der Waals surface area contributed by atoms with E-state index in [4.69, 9.17) is 0 Å². The molecule has 0 bridgehead atoms. The number of hydrogen-bond acceptors (Lipinski definition) is 3. The molecule has 1 fully saturated rings. The molecule has 0 unspecified atom stereocenters. The van der Waals surface area contributed by atoms with Gasteiger partial charge in [0.15, 0.2) is 0 Å². The Morgan fingerprint density at radius 1 is 0.960 bits per heavy atom. The molecule has 7 nitrogen and oxygen atoms in total.